The maximum absolute atomic E-state index is 11.0. The van der Waals surface area contributed by atoms with Crippen molar-refractivity contribution < 1.29 is 5.11 Å². The summed E-state index contributed by atoms with van der Waals surface area (Å²) in [7, 11) is 0. The molecule has 0 bridgehead atoms. The second-order valence-corrected chi connectivity index (χ2v) is 5.76. The van der Waals surface area contributed by atoms with E-state index in [4.69, 9.17) is 5.73 Å². The Morgan fingerprint density at radius 2 is 1.80 bits per heavy atom. The van der Waals surface area contributed by atoms with Crippen LogP contribution in [-0.4, -0.2) is 17.3 Å². The number of aliphatic hydroxyl groups is 1. The highest BCUT2D eigenvalue weighted by Gasteiger charge is 2.54. The Morgan fingerprint density at radius 1 is 1.13 bits per heavy atom. The van der Waals surface area contributed by atoms with Gasteiger partial charge in [-0.05, 0) is 31.6 Å². The minimum Gasteiger partial charge on any atom is -0.389 e. The number of rotatable bonds is 2. The van der Waals surface area contributed by atoms with E-state index in [9.17, 15) is 5.11 Å². The van der Waals surface area contributed by atoms with Crippen LogP contribution in [0.25, 0.3) is 0 Å². The molecule has 0 aromatic carbocycles. The lowest BCUT2D eigenvalue weighted by atomic mass is 9.60. The topological polar surface area (TPSA) is 46.2 Å². The fourth-order valence-electron chi connectivity index (χ4n) is 3.99. The molecule has 0 aromatic heterocycles. The highest BCUT2D eigenvalue weighted by atomic mass is 16.3. The van der Waals surface area contributed by atoms with Crippen LogP contribution in [0.5, 0.6) is 0 Å². The summed E-state index contributed by atoms with van der Waals surface area (Å²) in [6.07, 6.45) is 9.46. The van der Waals surface area contributed by atoms with Gasteiger partial charge in [0.25, 0.3) is 0 Å². The molecule has 0 aromatic rings. The average Bonchev–Trinajstić information content (AvgIpc) is 2.62. The third kappa shape index (κ3) is 1.62. The third-order valence-corrected chi connectivity index (χ3v) is 5.13. The molecule has 2 unspecified atom stereocenters. The van der Waals surface area contributed by atoms with Crippen molar-refractivity contribution in [3.63, 3.8) is 0 Å². The van der Waals surface area contributed by atoms with E-state index in [1.807, 2.05) is 0 Å². The summed E-state index contributed by atoms with van der Waals surface area (Å²) >= 11 is 0. The first-order valence-electron chi connectivity index (χ1n) is 6.57. The van der Waals surface area contributed by atoms with E-state index in [-0.39, 0.29) is 5.41 Å². The molecule has 2 rings (SSSR count). The van der Waals surface area contributed by atoms with Gasteiger partial charge in [0.2, 0.25) is 0 Å². The Morgan fingerprint density at radius 3 is 2.27 bits per heavy atom. The van der Waals surface area contributed by atoms with Crippen molar-refractivity contribution >= 4 is 0 Å². The second-order valence-electron chi connectivity index (χ2n) is 5.76. The van der Waals surface area contributed by atoms with Gasteiger partial charge in [0.05, 0.1) is 5.60 Å². The molecule has 0 aliphatic heterocycles. The lowest BCUT2D eigenvalue weighted by Crippen LogP contribution is -2.55. The van der Waals surface area contributed by atoms with Gasteiger partial charge in [0, 0.05) is 12.0 Å². The molecule has 0 heterocycles. The molecule has 2 nitrogen and oxygen atoms in total. The molecule has 2 heteroatoms. The van der Waals surface area contributed by atoms with Crippen molar-refractivity contribution in [3.8, 4) is 0 Å². The molecule has 2 atom stereocenters. The Bertz CT molecular complexity index is 223. The number of hydrogen-bond donors (Lipinski definition) is 2. The molecule has 2 aliphatic rings. The Kier molecular flexibility index (Phi) is 3.09. The van der Waals surface area contributed by atoms with E-state index >= 15 is 0 Å². The van der Waals surface area contributed by atoms with Crippen molar-refractivity contribution in [2.45, 2.75) is 63.9 Å². The molecule has 0 saturated heterocycles. The minimum atomic E-state index is -0.456. The van der Waals surface area contributed by atoms with Crippen LogP contribution < -0.4 is 5.73 Å². The van der Waals surface area contributed by atoms with Gasteiger partial charge in [-0.25, -0.2) is 0 Å². The molecule has 15 heavy (non-hydrogen) atoms. The van der Waals surface area contributed by atoms with Crippen LogP contribution in [0, 0.1) is 11.3 Å². The monoisotopic (exact) mass is 211 g/mol. The normalized spacial score (nSPS) is 40.6. The Balaban J connectivity index is 2.23. The van der Waals surface area contributed by atoms with E-state index in [2.05, 4.69) is 6.92 Å². The molecular formula is C13H25NO. The molecule has 88 valence electrons. The predicted molar refractivity (Wildman–Crippen MR) is 62.5 cm³/mol. The van der Waals surface area contributed by atoms with Crippen molar-refractivity contribution in [3.05, 3.63) is 0 Å². The van der Waals surface area contributed by atoms with Gasteiger partial charge in [-0.15, -0.1) is 0 Å². The van der Waals surface area contributed by atoms with Crippen molar-refractivity contribution in [2.24, 2.45) is 17.1 Å². The maximum Gasteiger partial charge on any atom is 0.0741 e. The summed E-state index contributed by atoms with van der Waals surface area (Å²) in [5, 5.41) is 11.0. The van der Waals surface area contributed by atoms with Crippen LogP contribution in [-0.2, 0) is 0 Å². The molecular weight excluding hydrogens is 186 g/mol. The van der Waals surface area contributed by atoms with E-state index in [1.54, 1.807) is 0 Å². The van der Waals surface area contributed by atoms with Crippen LogP contribution in [0.3, 0.4) is 0 Å². The SMILES string of the molecule is CC1CCCC1(O)C1(CN)CCCCC1. The second kappa shape index (κ2) is 4.06. The van der Waals surface area contributed by atoms with E-state index < -0.39 is 5.60 Å². The van der Waals surface area contributed by atoms with Gasteiger partial charge >= 0.3 is 0 Å². The van der Waals surface area contributed by atoms with E-state index in [0.717, 1.165) is 19.3 Å². The van der Waals surface area contributed by atoms with Crippen LogP contribution in [0.15, 0.2) is 0 Å². The lowest BCUT2D eigenvalue weighted by Gasteiger charge is -2.50. The predicted octanol–water partition coefficient (Wildman–Crippen LogP) is 2.45. The molecule has 0 spiro atoms. The van der Waals surface area contributed by atoms with Crippen LogP contribution in [0.1, 0.15) is 58.3 Å². The van der Waals surface area contributed by atoms with Gasteiger partial charge in [-0.3, -0.25) is 0 Å². The summed E-state index contributed by atoms with van der Waals surface area (Å²) in [6.45, 7) is 2.88. The fraction of sp³-hybridized carbons (Fsp3) is 1.00. The Labute approximate surface area is 93.2 Å². The van der Waals surface area contributed by atoms with Crippen molar-refractivity contribution in [1.82, 2.24) is 0 Å². The molecule has 2 aliphatic carbocycles. The summed E-state index contributed by atoms with van der Waals surface area (Å²) in [5.41, 5.74) is 5.59. The summed E-state index contributed by atoms with van der Waals surface area (Å²) in [5.74, 6) is 0.444. The highest BCUT2D eigenvalue weighted by Crippen LogP contribution is 2.53. The summed E-state index contributed by atoms with van der Waals surface area (Å²) in [4.78, 5) is 0. The van der Waals surface area contributed by atoms with Gasteiger partial charge in [0.15, 0.2) is 0 Å². The number of nitrogens with two attached hydrogens (primary N) is 1. The molecule has 0 amide bonds. The summed E-state index contributed by atoms with van der Waals surface area (Å²) < 4.78 is 0. The quantitative estimate of drug-likeness (QED) is 0.737. The van der Waals surface area contributed by atoms with Gasteiger partial charge < -0.3 is 10.8 Å². The molecule has 2 fully saturated rings. The summed E-state index contributed by atoms with van der Waals surface area (Å²) in [6, 6.07) is 0. The standard InChI is InChI=1S/C13H25NO/c1-11-6-5-9-13(11,15)12(10-14)7-3-2-4-8-12/h11,15H,2-10,14H2,1H3. The molecule has 3 N–H and O–H groups in total. The van der Waals surface area contributed by atoms with Crippen LogP contribution in [0.2, 0.25) is 0 Å². The lowest BCUT2D eigenvalue weighted by molar-refractivity contribution is -0.120. The zero-order valence-corrected chi connectivity index (χ0v) is 9.97. The minimum absolute atomic E-state index is 0.0428. The third-order valence-electron chi connectivity index (χ3n) is 5.13. The zero-order chi connectivity index (χ0) is 10.9. The van der Waals surface area contributed by atoms with Crippen LogP contribution in [0.4, 0.5) is 0 Å². The first-order chi connectivity index (χ1) is 7.15. The zero-order valence-electron chi connectivity index (χ0n) is 9.97. The number of hydrogen-bond acceptors (Lipinski definition) is 2. The fourth-order valence-corrected chi connectivity index (χ4v) is 3.99. The smallest absolute Gasteiger partial charge is 0.0741 e. The molecule has 2 saturated carbocycles. The first-order valence-corrected chi connectivity index (χ1v) is 6.57. The van der Waals surface area contributed by atoms with Crippen LogP contribution >= 0.6 is 0 Å². The van der Waals surface area contributed by atoms with Gasteiger partial charge in [-0.1, -0.05) is 32.6 Å². The van der Waals surface area contributed by atoms with Crippen molar-refractivity contribution in [2.75, 3.05) is 6.54 Å². The largest absolute Gasteiger partial charge is 0.389 e. The van der Waals surface area contributed by atoms with Gasteiger partial charge in [-0.2, -0.15) is 0 Å². The van der Waals surface area contributed by atoms with Gasteiger partial charge in [0.1, 0.15) is 0 Å². The molecule has 0 radical (unpaired) electrons. The van der Waals surface area contributed by atoms with E-state index in [1.165, 1.54) is 32.1 Å². The van der Waals surface area contributed by atoms with E-state index in [0.29, 0.717) is 12.5 Å². The average molecular weight is 211 g/mol. The highest BCUT2D eigenvalue weighted by molar-refractivity contribution is 5.06. The first kappa shape index (κ1) is 11.4. The van der Waals surface area contributed by atoms with Crippen molar-refractivity contribution in [1.29, 1.82) is 0 Å². The maximum atomic E-state index is 11.0. The Hall–Kier alpha value is -0.0800.